The minimum absolute atomic E-state index is 0.00278. The van der Waals surface area contributed by atoms with Crippen LogP contribution in [0.3, 0.4) is 0 Å². The van der Waals surface area contributed by atoms with Crippen molar-refractivity contribution < 1.29 is 14.3 Å². The molecule has 0 bridgehead atoms. The van der Waals surface area contributed by atoms with Gasteiger partial charge in [-0.25, -0.2) is 0 Å². The third-order valence-corrected chi connectivity index (χ3v) is 4.31. The smallest absolute Gasteiger partial charge is 0.254 e. The van der Waals surface area contributed by atoms with Gasteiger partial charge in [-0.1, -0.05) is 30.3 Å². The maximum absolute atomic E-state index is 12.7. The molecule has 0 aliphatic carbocycles. The molecule has 0 aromatic heterocycles. The maximum atomic E-state index is 12.7. The number of rotatable bonds is 3. The van der Waals surface area contributed by atoms with Gasteiger partial charge in [0.1, 0.15) is 5.75 Å². The summed E-state index contributed by atoms with van der Waals surface area (Å²) in [6.07, 6.45) is 0. The van der Waals surface area contributed by atoms with Gasteiger partial charge in [0.2, 0.25) is 0 Å². The van der Waals surface area contributed by atoms with Gasteiger partial charge in [0.25, 0.3) is 11.8 Å². The second-order valence-corrected chi connectivity index (χ2v) is 7.50. The Balaban J connectivity index is 2.09. The van der Waals surface area contributed by atoms with E-state index in [-0.39, 0.29) is 23.3 Å². The second kappa shape index (κ2) is 6.83. The number of nitrogens with one attached hydrogen (secondary N) is 2. The van der Waals surface area contributed by atoms with Gasteiger partial charge in [-0.2, -0.15) is 0 Å². The third kappa shape index (κ3) is 3.57. The maximum Gasteiger partial charge on any atom is 0.254 e. The lowest BCUT2D eigenvalue weighted by Crippen LogP contribution is -2.40. The summed E-state index contributed by atoms with van der Waals surface area (Å²) in [7, 11) is 1.57. The van der Waals surface area contributed by atoms with E-state index in [1.54, 1.807) is 13.1 Å². The summed E-state index contributed by atoms with van der Waals surface area (Å²) < 4.78 is 5.86. The highest BCUT2D eigenvalue weighted by atomic mass is 16.5. The summed E-state index contributed by atoms with van der Waals surface area (Å²) in [5.74, 6) is 0.0899. The summed E-state index contributed by atoms with van der Waals surface area (Å²) in [5.41, 5.74) is 2.46. The lowest BCUT2D eigenvalue weighted by atomic mass is 9.90. The minimum atomic E-state index is -0.362. The Morgan fingerprint density at radius 3 is 2.38 bits per heavy atom. The largest absolute Gasteiger partial charge is 0.491 e. The molecule has 1 heterocycles. The van der Waals surface area contributed by atoms with Crippen LogP contribution in [0.5, 0.6) is 5.75 Å². The lowest BCUT2D eigenvalue weighted by molar-refractivity contribution is 0.0919. The summed E-state index contributed by atoms with van der Waals surface area (Å²) in [5, 5.41) is 5.58. The van der Waals surface area contributed by atoms with Gasteiger partial charge >= 0.3 is 0 Å². The van der Waals surface area contributed by atoms with Crippen molar-refractivity contribution in [1.82, 2.24) is 10.6 Å². The Kier molecular flexibility index (Phi) is 4.72. The topological polar surface area (TPSA) is 67.4 Å². The van der Waals surface area contributed by atoms with Gasteiger partial charge < -0.3 is 15.4 Å². The van der Waals surface area contributed by atoms with E-state index >= 15 is 0 Å². The van der Waals surface area contributed by atoms with Crippen LogP contribution in [0.2, 0.25) is 0 Å². The Morgan fingerprint density at radius 2 is 1.77 bits per heavy atom. The van der Waals surface area contributed by atoms with Crippen LogP contribution in [0.1, 0.15) is 58.5 Å². The third-order valence-electron chi connectivity index (χ3n) is 4.31. The summed E-state index contributed by atoms with van der Waals surface area (Å²) >= 11 is 0. The van der Waals surface area contributed by atoms with Crippen molar-refractivity contribution in [2.24, 2.45) is 0 Å². The first-order chi connectivity index (χ1) is 12.3. The number of hydrogen-bond acceptors (Lipinski definition) is 3. The highest BCUT2D eigenvalue weighted by Gasteiger charge is 2.31. The van der Waals surface area contributed by atoms with Crippen LogP contribution in [0.4, 0.5) is 0 Å². The molecule has 5 nitrogen and oxygen atoms in total. The highest BCUT2D eigenvalue weighted by molar-refractivity contribution is 6.02. The minimum Gasteiger partial charge on any atom is -0.491 e. The van der Waals surface area contributed by atoms with Crippen LogP contribution in [0.25, 0.3) is 0 Å². The molecule has 2 aromatic rings. The van der Waals surface area contributed by atoms with E-state index in [1.807, 2.05) is 57.2 Å². The predicted molar refractivity (Wildman–Crippen MR) is 101 cm³/mol. The van der Waals surface area contributed by atoms with E-state index in [4.69, 9.17) is 4.74 Å². The van der Waals surface area contributed by atoms with Gasteiger partial charge in [0.15, 0.2) is 0 Å². The summed E-state index contributed by atoms with van der Waals surface area (Å²) in [6.45, 7) is 6.23. The monoisotopic (exact) mass is 352 g/mol. The first kappa shape index (κ1) is 18.0. The average Bonchev–Trinajstić information content (AvgIpc) is 3.03. The van der Waals surface area contributed by atoms with Crippen molar-refractivity contribution in [2.75, 3.05) is 13.7 Å². The van der Waals surface area contributed by atoms with Gasteiger partial charge in [-0.15, -0.1) is 0 Å². The Labute approximate surface area is 153 Å². The quantitative estimate of drug-likeness (QED) is 0.892. The zero-order valence-electron chi connectivity index (χ0n) is 15.6. The molecule has 26 heavy (non-hydrogen) atoms. The van der Waals surface area contributed by atoms with Crippen LogP contribution in [0, 0.1) is 0 Å². The molecule has 0 fully saturated rings. The Bertz CT molecular complexity index is 838. The molecule has 0 saturated heterocycles. The number of hydrogen-bond donors (Lipinski definition) is 2. The summed E-state index contributed by atoms with van der Waals surface area (Å²) in [6, 6.07) is 13.4. The predicted octanol–water partition coefficient (Wildman–Crippen LogP) is 3.10. The van der Waals surface area contributed by atoms with Crippen molar-refractivity contribution in [1.29, 1.82) is 0 Å². The van der Waals surface area contributed by atoms with Gasteiger partial charge in [0.05, 0.1) is 12.2 Å². The Hall–Kier alpha value is -2.82. The fraction of sp³-hybridized carbons (Fsp3) is 0.333. The van der Waals surface area contributed by atoms with E-state index in [9.17, 15) is 9.59 Å². The second-order valence-electron chi connectivity index (χ2n) is 7.50. The van der Waals surface area contributed by atoms with Crippen LogP contribution >= 0.6 is 0 Å². The highest BCUT2D eigenvalue weighted by Crippen LogP contribution is 2.41. The molecule has 0 spiro atoms. The van der Waals surface area contributed by atoms with Crippen LogP contribution in [0.15, 0.2) is 42.5 Å². The van der Waals surface area contributed by atoms with Crippen LogP contribution < -0.4 is 15.4 Å². The van der Waals surface area contributed by atoms with E-state index in [1.165, 1.54) is 0 Å². The zero-order chi connectivity index (χ0) is 18.9. The first-order valence-corrected chi connectivity index (χ1v) is 8.70. The van der Waals surface area contributed by atoms with E-state index in [0.29, 0.717) is 23.5 Å². The molecule has 0 unspecified atom stereocenters. The molecule has 2 aromatic carbocycles. The fourth-order valence-corrected chi connectivity index (χ4v) is 3.14. The lowest BCUT2D eigenvalue weighted by Gasteiger charge is -2.21. The molecule has 2 N–H and O–H groups in total. The fourth-order valence-electron chi connectivity index (χ4n) is 3.14. The van der Waals surface area contributed by atoms with Crippen molar-refractivity contribution in [2.45, 2.75) is 32.2 Å². The SMILES string of the molecule is CNC(=O)c1cc(C(=O)NC(C)(C)C)cc2c1OC[C@H]2c1ccccc1. The number of carbonyl (C=O) groups excluding carboxylic acids is 2. The first-order valence-electron chi connectivity index (χ1n) is 8.70. The van der Waals surface area contributed by atoms with E-state index < -0.39 is 0 Å². The van der Waals surface area contributed by atoms with Gasteiger partial charge in [-0.3, -0.25) is 9.59 Å². The van der Waals surface area contributed by atoms with E-state index in [2.05, 4.69) is 10.6 Å². The van der Waals surface area contributed by atoms with Crippen molar-refractivity contribution >= 4 is 11.8 Å². The zero-order valence-corrected chi connectivity index (χ0v) is 15.6. The van der Waals surface area contributed by atoms with Gasteiger partial charge in [-0.05, 0) is 38.5 Å². The number of amides is 2. The van der Waals surface area contributed by atoms with Gasteiger partial charge in [0, 0.05) is 29.6 Å². The molecule has 1 atom stereocenters. The molecule has 3 rings (SSSR count). The molecule has 1 aliphatic heterocycles. The number of ether oxygens (including phenoxy) is 1. The molecule has 5 heteroatoms. The van der Waals surface area contributed by atoms with E-state index in [0.717, 1.165) is 11.1 Å². The van der Waals surface area contributed by atoms with Crippen molar-refractivity contribution in [3.63, 3.8) is 0 Å². The molecule has 1 aliphatic rings. The Morgan fingerprint density at radius 1 is 1.08 bits per heavy atom. The summed E-state index contributed by atoms with van der Waals surface area (Å²) in [4.78, 5) is 25.0. The standard InChI is InChI=1S/C21H24N2O3/c1-21(2,3)23-19(24)14-10-15-17(13-8-6-5-7-9-13)12-26-18(15)16(11-14)20(25)22-4/h5-11,17H,12H2,1-4H3,(H,22,25)(H,23,24)/t17-/m0/s1. The van der Waals surface area contributed by atoms with Crippen LogP contribution in [-0.4, -0.2) is 31.0 Å². The number of fused-ring (bicyclic) bond motifs is 1. The molecule has 136 valence electrons. The van der Waals surface area contributed by atoms with Crippen molar-refractivity contribution in [3.05, 3.63) is 64.7 Å². The molecule has 2 amide bonds. The molecule has 0 radical (unpaired) electrons. The molecular weight excluding hydrogens is 328 g/mol. The number of benzene rings is 2. The number of carbonyl (C=O) groups is 2. The van der Waals surface area contributed by atoms with Crippen LogP contribution in [-0.2, 0) is 0 Å². The van der Waals surface area contributed by atoms with Crippen molar-refractivity contribution in [3.8, 4) is 5.75 Å². The molecule has 0 saturated carbocycles. The average molecular weight is 352 g/mol. The molecular formula is C21H24N2O3. The normalized spacial score (nSPS) is 15.8.